The highest BCUT2D eigenvalue weighted by atomic mass is 32.2. The van der Waals surface area contributed by atoms with Gasteiger partial charge in [0.25, 0.3) is 0 Å². The van der Waals surface area contributed by atoms with E-state index in [2.05, 4.69) is 6.58 Å². The first-order valence-corrected chi connectivity index (χ1v) is 5.13. The summed E-state index contributed by atoms with van der Waals surface area (Å²) in [6, 6.07) is 0. The average molecular weight is 150 g/mol. The molecule has 1 unspecified atom stereocenters. The van der Waals surface area contributed by atoms with Crippen molar-refractivity contribution >= 4 is 22.6 Å². The summed E-state index contributed by atoms with van der Waals surface area (Å²) in [6.07, 6.45) is 3.62. The molecule has 0 bridgehead atoms. The van der Waals surface area contributed by atoms with Gasteiger partial charge in [-0.25, -0.2) is 0 Å². The maximum atomic E-state index is 10.5. The Morgan fingerprint density at radius 2 is 2.38 bits per heavy atom. The Morgan fingerprint density at radius 1 is 1.88 bits per heavy atom. The molecule has 0 heterocycles. The summed E-state index contributed by atoms with van der Waals surface area (Å²) in [4.78, 5) is 0.817. The Bertz CT molecular complexity index is 109. The fraction of sp³-hybridized carbons (Fsp3) is 0.600. The molecular formula is C5H10OS2. The van der Waals surface area contributed by atoms with Crippen LogP contribution in [0, 0.1) is 0 Å². The van der Waals surface area contributed by atoms with E-state index in [9.17, 15) is 4.21 Å². The van der Waals surface area contributed by atoms with Gasteiger partial charge in [0, 0.05) is 27.7 Å². The lowest BCUT2D eigenvalue weighted by molar-refractivity contribution is 0.690. The first-order valence-electron chi connectivity index (χ1n) is 2.18. The lowest BCUT2D eigenvalue weighted by Crippen LogP contribution is -1.91. The Balaban J connectivity index is 3.49. The van der Waals surface area contributed by atoms with Crippen molar-refractivity contribution in [2.24, 2.45) is 0 Å². The summed E-state index contributed by atoms with van der Waals surface area (Å²) in [7, 11) is -0.825. The zero-order valence-corrected chi connectivity index (χ0v) is 6.77. The van der Waals surface area contributed by atoms with Gasteiger partial charge in [0.1, 0.15) is 0 Å². The van der Waals surface area contributed by atoms with E-state index in [4.69, 9.17) is 0 Å². The van der Waals surface area contributed by atoms with Crippen molar-refractivity contribution in [3.8, 4) is 0 Å². The lowest BCUT2D eigenvalue weighted by Gasteiger charge is -1.94. The fourth-order valence-corrected chi connectivity index (χ4v) is 1.58. The van der Waals surface area contributed by atoms with Crippen LogP contribution in [0.4, 0.5) is 0 Å². The van der Waals surface area contributed by atoms with E-state index in [1.165, 1.54) is 0 Å². The molecule has 0 rings (SSSR count). The van der Waals surface area contributed by atoms with Crippen molar-refractivity contribution in [1.29, 1.82) is 0 Å². The van der Waals surface area contributed by atoms with Crippen LogP contribution in [0.1, 0.15) is 0 Å². The maximum absolute atomic E-state index is 10.5. The van der Waals surface area contributed by atoms with E-state index >= 15 is 0 Å². The van der Waals surface area contributed by atoms with E-state index < -0.39 is 10.8 Å². The van der Waals surface area contributed by atoms with Crippen molar-refractivity contribution in [3.05, 3.63) is 11.5 Å². The number of thioether (sulfide) groups is 1. The largest absolute Gasteiger partial charge is 0.255 e. The van der Waals surface area contributed by atoms with Crippen LogP contribution in [0.5, 0.6) is 0 Å². The summed E-state index contributed by atoms with van der Waals surface area (Å²) >= 11 is 1.65. The normalized spacial score (nSPS) is 13.2. The molecule has 1 atom stereocenters. The lowest BCUT2D eigenvalue weighted by atomic mass is 10.7. The fourth-order valence-electron chi connectivity index (χ4n) is 0.244. The van der Waals surface area contributed by atoms with Crippen LogP contribution in [0.2, 0.25) is 0 Å². The van der Waals surface area contributed by atoms with E-state index in [1.807, 2.05) is 6.26 Å². The Hall–Kier alpha value is 0.240. The molecule has 0 aromatic carbocycles. The summed E-state index contributed by atoms with van der Waals surface area (Å²) in [5.74, 6) is 0.809. The highest BCUT2D eigenvalue weighted by Gasteiger charge is 1.94. The molecule has 0 saturated carbocycles. The third kappa shape index (κ3) is 3.27. The molecule has 0 aliphatic rings. The van der Waals surface area contributed by atoms with Gasteiger partial charge < -0.3 is 0 Å². The first kappa shape index (κ1) is 8.24. The third-order valence-corrected chi connectivity index (χ3v) is 2.49. The number of hydrogen-bond donors (Lipinski definition) is 0. The van der Waals surface area contributed by atoms with Crippen molar-refractivity contribution in [2.75, 3.05) is 18.3 Å². The molecule has 0 radical (unpaired) electrons. The molecule has 0 aromatic rings. The summed E-state index contributed by atoms with van der Waals surface area (Å²) in [5, 5.41) is 0. The second-order valence-corrected chi connectivity index (χ2v) is 3.78. The summed E-state index contributed by atoms with van der Waals surface area (Å²) in [5.41, 5.74) is 0. The van der Waals surface area contributed by atoms with Crippen LogP contribution in [0.3, 0.4) is 0 Å². The topological polar surface area (TPSA) is 17.1 Å². The van der Waals surface area contributed by atoms with E-state index in [0.717, 1.165) is 10.7 Å². The van der Waals surface area contributed by atoms with Gasteiger partial charge in [-0.1, -0.05) is 6.58 Å². The van der Waals surface area contributed by atoms with E-state index in [1.54, 1.807) is 18.0 Å². The predicted octanol–water partition coefficient (Wildman–Crippen LogP) is 1.24. The Kier molecular flexibility index (Phi) is 4.28. The zero-order valence-electron chi connectivity index (χ0n) is 5.14. The van der Waals surface area contributed by atoms with Crippen LogP contribution >= 0.6 is 11.8 Å². The van der Waals surface area contributed by atoms with Crippen molar-refractivity contribution in [1.82, 2.24) is 0 Å². The SMILES string of the molecule is C=C(CSC)S(C)=O. The van der Waals surface area contributed by atoms with E-state index in [-0.39, 0.29) is 0 Å². The molecule has 0 fully saturated rings. The minimum Gasteiger partial charge on any atom is -0.255 e. The third-order valence-electron chi connectivity index (χ3n) is 0.712. The van der Waals surface area contributed by atoms with Gasteiger partial charge in [0.05, 0.1) is 0 Å². The molecule has 0 aliphatic carbocycles. The second-order valence-electron chi connectivity index (χ2n) is 1.43. The zero-order chi connectivity index (χ0) is 6.57. The highest BCUT2D eigenvalue weighted by Crippen LogP contribution is 2.03. The molecular weight excluding hydrogens is 140 g/mol. The molecule has 3 heteroatoms. The predicted molar refractivity (Wildman–Crippen MR) is 41.6 cm³/mol. The van der Waals surface area contributed by atoms with Crippen LogP contribution < -0.4 is 0 Å². The minimum atomic E-state index is -0.825. The van der Waals surface area contributed by atoms with Crippen molar-refractivity contribution in [2.45, 2.75) is 0 Å². The maximum Gasteiger partial charge on any atom is 0.0459 e. The number of hydrogen-bond acceptors (Lipinski definition) is 2. The van der Waals surface area contributed by atoms with Crippen LogP contribution in [0.15, 0.2) is 11.5 Å². The first-order chi connectivity index (χ1) is 3.68. The van der Waals surface area contributed by atoms with Gasteiger partial charge in [0.2, 0.25) is 0 Å². The molecule has 8 heavy (non-hydrogen) atoms. The standard InChI is InChI=1S/C5H10OS2/c1-5(4-7-2)8(3)6/h1,4H2,2-3H3. The molecule has 1 nitrogen and oxygen atoms in total. The molecule has 0 saturated heterocycles. The summed E-state index contributed by atoms with van der Waals surface area (Å²) < 4.78 is 10.5. The summed E-state index contributed by atoms with van der Waals surface area (Å²) in [6.45, 7) is 3.62. The van der Waals surface area contributed by atoms with Crippen LogP contribution in [-0.4, -0.2) is 22.5 Å². The second kappa shape index (κ2) is 4.15. The van der Waals surface area contributed by atoms with Gasteiger partial charge in [-0.3, -0.25) is 4.21 Å². The highest BCUT2D eigenvalue weighted by molar-refractivity contribution is 8.00. The van der Waals surface area contributed by atoms with Gasteiger partial charge in [-0.2, -0.15) is 11.8 Å². The van der Waals surface area contributed by atoms with Gasteiger partial charge >= 0.3 is 0 Å². The monoisotopic (exact) mass is 150 g/mol. The molecule has 0 aromatic heterocycles. The van der Waals surface area contributed by atoms with Gasteiger partial charge in [0.15, 0.2) is 0 Å². The van der Waals surface area contributed by atoms with Crippen LogP contribution in [0.25, 0.3) is 0 Å². The van der Waals surface area contributed by atoms with Gasteiger partial charge in [-0.05, 0) is 6.26 Å². The van der Waals surface area contributed by atoms with Crippen molar-refractivity contribution < 1.29 is 4.21 Å². The van der Waals surface area contributed by atoms with Crippen molar-refractivity contribution in [3.63, 3.8) is 0 Å². The Labute approximate surface area is 57.0 Å². The molecule has 0 N–H and O–H groups in total. The molecule has 48 valence electrons. The molecule has 0 spiro atoms. The van der Waals surface area contributed by atoms with E-state index in [0.29, 0.717) is 0 Å². The van der Waals surface area contributed by atoms with Gasteiger partial charge in [-0.15, -0.1) is 0 Å². The smallest absolute Gasteiger partial charge is 0.0459 e. The van der Waals surface area contributed by atoms with Crippen LogP contribution in [-0.2, 0) is 10.8 Å². The Morgan fingerprint density at radius 3 is 2.50 bits per heavy atom. The quantitative estimate of drug-likeness (QED) is 0.602. The molecule has 0 aliphatic heterocycles. The minimum absolute atomic E-state index is 0.809. The molecule has 0 amide bonds. The number of rotatable bonds is 3. The average Bonchev–Trinajstić information content (AvgIpc) is 1.67.